The maximum absolute atomic E-state index is 11.4. The molecule has 0 aromatic carbocycles. The molecule has 0 saturated carbocycles. The summed E-state index contributed by atoms with van der Waals surface area (Å²) < 4.78 is 1.61. The number of hydrogen-bond acceptors (Lipinski definition) is 5. The van der Waals surface area contributed by atoms with Gasteiger partial charge in [-0.15, -0.1) is 5.10 Å². The predicted octanol–water partition coefficient (Wildman–Crippen LogP) is 1.36. The molecule has 1 rings (SSSR count). The van der Waals surface area contributed by atoms with E-state index in [1.54, 1.807) is 16.3 Å². The van der Waals surface area contributed by atoms with Gasteiger partial charge in [-0.2, -0.15) is 5.26 Å². The standard InChI is InChI=1S/C12H21N5OS/c1-4-12(9-13,14-3)7-6-8-19-11-16-15-10(18)17(11)5-2/h14H,4-8H2,1-3H3,(H,15,18). The number of nitriles is 1. The van der Waals surface area contributed by atoms with Crippen LogP contribution in [-0.2, 0) is 6.54 Å². The summed E-state index contributed by atoms with van der Waals surface area (Å²) in [5.41, 5.74) is -0.600. The molecule has 106 valence electrons. The van der Waals surface area contributed by atoms with Gasteiger partial charge in [0.1, 0.15) is 5.54 Å². The first-order valence-electron chi connectivity index (χ1n) is 6.50. The van der Waals surface area contributed by atoms with Crippen molar-refractivity contribution >= 4 is 11.8 Å². The van der Waals surface area contributed by atoms with E-state index >= 15 is 0 Å². The van der Waals surface area contributed by atoms with Crippen LogP contribution in [0.2, 0.25) is 0 Å². The molecule has 0 fully saturated rings. The molecule has 6 nitrogen and oxygen atoms in total. The Morgan fingerprint density at radius 3 is 2.84 bits per heavy atom. The average molecular weight is 283 g/mol. The van der Waals surface area contributed by atoms with E-state index in [-0.39, 0.29) is 5.69 Å². The van der Waals surface area contributed by atoms with Gasteiger partial charge in [0.2, 0.25) is 0 Å². The maximum atomic E-state index is 11.4. The molecule has 1 heterocycles. The smallest absolute Gasteiger partial charge is 0.302 e. The van der Waals surface area contributed by atoms with Crippen molar-refractivity contribution in [1.29, 1.82) is 5.26 Å². The van der Waals surface area contributed by atoms with Crippen LogP contribution in [-0.4, -0.2) is 33.1 Å². The van der Waals surface area contributed by atoms with E-state index in [1.807, 2.05) is 20.9 Å². The second-order valence-corrected chi connectivity index (χ2v) is 5.37. The Morgan fingerprint density at radius 1 is 1.58 bits per heavy atom. The summed E-state index contributed by atoms with van der Waals surface area (Å²) >= 11 is 1.55. The Morgan fingerprint density at radius 2 is 2.32 bits per heavy atom. The Balaban J connectivity index is 2.47. The molecule has 0 aliphatic rings. The van der Waals surface area contributed by atoms with Gasteiger partial charge < -0.3 is 5.32 Å². The monoisotopic (exact) mass is 283 g/mol. The molecular weight excluding hydrogens is 262 g/mol. The Hall–Kier alpha value is -1.26. The first-order chi connectivity index (χ1) is 9.12. The minimum Gasteiger partial charge on any atom is -0.302 e. The topological polar surface area (TPSA) is 86.5 Å². The van der Waals surface area contributed by atoms with Gasteiger partial charge in [0.05, 0.1) is 6.07 Å². The van der Waals surface area contributed by atoms with E-state index in [0.29, 0.717) is 6.54 Å². The fraction of sp³-hybridized carbons (Fsp3) is 0.750. The van der Waals surface area contributed by atoms with Gasteiger partial charge >= 0.3 is 5.69 Å². The highest BCUT2D eigenvalue weighted by atomic mass is 32.2. The number of aromatic amines is 1. The van der Waals surface area contributed by atoms with Crippen molar-refractivity contribution < 1.29 is 0 Å². The van der Waals surface area contributed by atoms with E-state index in [9.17, 15) is 10.1 Å². The zero-order valence-electron chi connectivity index (χ0n) is 11.7. The number of nitrogens with zero attached hydrogens (tertiary/aromatic N) is 3. The fourth-order valence-corrected chi connectivity index (χ4v) is 2.85. The summed E-state index contributed by atoms with van der Waals surface area (Å²) in [4.78, 5) is 11.4. The van der Waals surface area contributed by atoms with Crippen molar-refractivity contribution in [1.82, 2.24) is 20.1 Å². The fourth-order valence-electron chi connectivity index (χ4n) is 1.90. The molecule has 1 aromatic rings. The number of hydrogen-bond donors (Lipinski definition) is 2. The van der Waals surface area contributed by atoms with E-state index in [1.165, 1.54) is 0 Å². The van der Waals surface area contributed by atoms with Gasteiger partial charge in [0.25, 0.3) is 0 Å². The van der Waals surface area contributed by atoms with E-state index in [0.717, 1.165) is 30.2 Å². The third-order valence-electron chi connectivity index (χ3n) is 3.31. The van der Waals surface area contributed by atoms with Crippen molar-refractivity contribution in [2.24, 2.45) is 0 Å². The Kier molecular flexibility index (Phi) is 6.12. The lowest BCUT2D eigenvalue weighted by atomic mass is 9.93. The minimum atomic E-state index is -0.434. The summed E-state index contributed by atoms with van der Waals surface area (Å²) in [5.74, 6) is 0.843. The van der Waals surface area contributed by atoms with Crippen LogP contribution in [0, 0.1) is 11.3 Å². The molecule has 0 aliphatic heterocycles. The highest BCUT2D eigenvalue weighted by Gasteiger charge is 2.24. The SMILES string of the molecule is CCn1c(SCCCC(C#N)(CC)NC)n[nH]c1=O. The molecule has 1 atom stereocenters. The zero-order valence-corrected chi connectivity index (χ0v) is 12.5. The molecule has 19 heavy (non-hydrogen) atoms. The summed E-state index contributed by atoms with van der Waals surface area (Å²) in [7, 11) is 1.82. The second-order valence-electron chi connectivity index (χ2n) is 4.31. The molecule has 7 heteroatoms. The maximum Gasteiger partial charge on any atom is 0.343 e. The van der Waals surface area contributed by atoms with E-state index in [2.05, 4.69) is 21.6 Å². The third kappa shape index (κ3) is 3.85. The first kappa shape index (κ1) is 15.8. The molecular formula is C12H21N5OS. The van der Waals surface area contributed by atoms with Gasteiger partial charge in [0.15, 0.2) is 5.16 Å². The minimum absolute atomic E-state index is 0.167. The first-order valence-corrected chi connectivity index (χ1v) is 7.49. The highest BCUT2D eigenvalue weighted by molar-refractivity contribution is 7.99. The molecule has 1 unspecified atom stereocenters. The summed E-state index contributed by atoms with van der Waals surface area (Å²) in [6.45, 7) is 4.54. The third-order valence-corrected chi connectivity index (χ3v) is 4.38. The van der Waals surface area contributed by atoms with Crippen molar-refractivity contribution in [3.63, 3.8) is 0 Å². The van der Waals surface area contributed by atoms with Crippen LogP contribution in [0.3, 0.4) is 0 Å². The number of aromatic nitrogens is 3. The normalized spacial score (nSPS) is 14.0. The van der Waals surface area contributed by atoms with Crippen LogP contribution in [0.1, 0.15) is 33.1 Å². The van der Waals surface area contributed by atoms with Crippen LogP contribution in [0.25, 0.3) is 0 Å². The predicted molar refractivity (Wildman–Crippen MR) is 76.2 cm³/mol. The quantitative estimate of drug-likeness (QED) is 0.555. The number of nitrogens with one attached hydrogen (secondary N) is 2. The number of thioether (sulfide) groups is 1. The van der Waals surface area contributed by atoms with Gasteiger partial charge in [-0.05, 0) is 33.2 Å². The van der Waals surface area contributed by atoms with Gasteiger partial charge in [-0.25, -0.2) is 9.89 Å². The lowest BCUT2D eigenvalue weighted by molar-refractivity contribution is 0.400. The van der Waals surface area contributed by atoms with Crippen molar-refractivity contribution in [3.05, 3.63) is 10.5 Å². The van der Waals surface area contributed by atoms with Crippen LogP contribution in [0.5, 0.6) is 0 Å². The van der Waals surface area contributed by atoms with Crippen molar-refractivity contribution in [3.8, 4) is 6.07 Å². The molecule has 0 radical (unpaired) electrons. The summed E-state index contributed by atoms with van der Waals surface area (Å²) in [6, 6.07) is 2.34. The molecule has 2 N–H and O–H groups in total. The molecule has 0 aliphatic carbocycles. The second kappa shape index (κ2) is 7.36. The number of rotatable bonds is 8. The van der Waals surface area contributed by atoms with Gasteiger partial charge in [-0.1, -0.05) is 18.7 Å². The number of H-pyrrole nitrogens is 1. The lowest BCUT2D eigenvalue weighted by Gasteiger charge is -2.24. The molecule has 0 saturated heterocycles. The van der Waals surface area contributed by atoms with Crippen LogP contribution in [0.15, 0.2) is 9.95 Å². The van der Waals surface area contributed by atoms with Gasteiger partial charge in [0, 0.05) is 12.3 Å². The molecule has 0 bridgehead atoms. The highest BCUT2D eigenvalue weighted by Crippen LogP contribution is 2.20. The molecule has 0 spiro atoms. The zero-order chi connectivity index (χ0) is 14.3. The lowest BCUT2D eigenvalue weighted by Crippen LogP contribution is -2.40. The Bertz CT molecular complexity index is 483. The van der Waals surface area contributed by atoms with Crippen molar-refractivity contribution in [2.75, 3.05) is 12.8 Å². The summed E-state index contributed by atoms with van der Waals surface area (Å²) in [6.07, 6.45) is 2.48. The van der Waals surface area contributed by atoms with Crippen LogP contribution >= 0.6 is 11.8 Å². The van der Waals surface area contributed by atoms with Crippen molar-refractivity contribution in [2.45, 2.75) is 50.4 Å². The van der Waals surface area contributed by atoms with Crippen LogP contribution in [0.4, 0.5) is 0 Å². The Labute approximate surface area is 117 Å². The van der Waals surface area contributed by atoms with E-state index < -0.39 is 5.54 Å². The molecule has 0 amide bonds. The van der Waals surface area contributed by atoms with Gasteiger partial charge in [-0.3, -0.25) is 4.57 Å². The van der Waals surface area contributed by atoms with E-state index in [4.69, 9.17) is 0 Å². The van der Waals surface area contributed by atoms with Crippen LogP contribution < -0.4 is 11.0 Å². The average Bonchev–Trinajstić information content (AvgIpc) is 2.80. The largest absolute Gasteiger partial charge is 0.343 e. The molecule has 1 aromatic heterocycles. The summed E-state index contributed by atoms with van der Waals surface area (Å²) in [5, 5.41) is 19.4.